The van der Waals surface area contributed by atoms with Crippen LogP contribution < -0.4 is 4.90 Å². The summed E-state index contributed by atoms with van der Waals surface area (Å²) >= 11 is 3.46. The standard InChI is InChI=1S/C16H15BrFN/c17-14-6-4-12(5-7-14)13-8-9-19(11-13)16-3-1-2-15(18)10-16/h1-7,10,13H,8-9,11H2. The molecule has 19 heavy (non-hydrogen) atoms. The summed E-state index contributed by atoms with van der Waals surface area (Å²) in [5.74, 6) is 0.376. The Kier molecular flexibility index (Phi) is 3.56. The van der Waals surface area contributed by atoms with Crippen LogP contribution in [0, 0.1) is 5.82 Å². The molecule has 0 aliphatic carbocycles. The van der Waals surface area contributed by atoms with Crippen LogP contribution in [0.25, 0.3) is 0 Å². The number of benzene rings is 2. The molecule has 1 nitrogen and oxygen atoms in total. The Morgan fingerprint density at radius 2 is 1.89 bits per heavy atom. The van der Waals surface area contributed by atoms with Crippen molar-refractivity contribution in [2.45, 2.75) is 12.3 Å². The lowest BCUT2D eigenvalue weighted by Crippen LogP contribution is -2.19. The van der Waals surface area contributed by atoms with E-state index in [1.807, 2.05) is 6.07 Å². The summed E-state index contributed by atoms with van der Waals surface area (Å²) in [5.41, 5.74) is 2.35. The Balaban J connectivity index is 1.75. The van der Waals surface area contributed by atoms with E-state index in [-0.39, 0.29) is 5.82 Å². The Hall–Kier alpha value is -1.35. The maximum Gasteiger partial charge on any atom is 0.125 e. The molecular formula is C16H15BrFN. The molecule has 0 radical (unpaired) electrons. The van der Waals surface area contributed by atoms with Gasteiger partial charge in [-0.2, -0.15) is 0 Å². The monoisotopic (exact) mass is 319 g/mol. The van der Waals surface area contributed by atoms with Crippen molar-refractivity contribution in [1.29, 1.82) is 0 Å². The molecule has 0 N–H and O–H groups in total. The van der Waals surface area contributed by atoms with E-state index < -0.39 is 0 Å². The Labute approximate surface area is 121 Å². The van der Waals surface area contributed by atoms with Crippen molar-refractivity contribution in [3.8, 4) is 0 Å². The number of hydrogen-bond acceptors (Lipinski definition) is 1. The zero-order chi connectivity index (χ0) is 13.2. The fraction of sp³-hybridized carbons (Fsp3) is 0.250. The molecule has 1 atom stereocenters. The summed E-state index contributed by atoms with van der Waals surface area (Å²) in [5, 5.41) is 0. The van der Waals surface area contributed by atoms with Crippen molar-refractivity contribution in [1.82, 2.24) is 0 Å². The minimum Gasteiger partial charge on any atom is -0.371 e. The molecule has 3 rings (SSSR count). The zero-order valence-corrected chi connectivity index (χ0v) is 12.1. The van der Waals surface area contributed by atoms with Crippen LogP contribution in [0.5, 0.6) is 0 Å². The van der Waals surface area contributed by atoms with E-state index in [4.69, 9.17) is 0 Å². The van der Waals surface area contributed by atoms with Gasteiger partial charge in [0.15, 0.2) is 0 Å². The van der Waals surface area contributed by atoms with Gasteiger partial charge in [0.1, 0.15) is 5.82 Å². The minimum atomic E-state index is -0.162. The first kappa shape index (κ1) is 12.7. The first-order chi connectivity index (χ1) is 9.22. The Bertz CT molecular complexity index is 567. The average molecular weight is 320 g/mol. The predicted octanol–water partition coefficient (Wildman–Crippen LogP) is 4.58. The molecule has 1 aliphatic rings. The molecule has 1 heterocycles. The second-order valence-electron chi connectivity index (χ2n) is 4.96. The van der Waals surface area contributed by atoms with Crippen LogP contribution in [-0.2, 0) is 0 Å². The zero-order valence-electron chi connectivity index (χ0n) is 10.5. The number of anilines is 1. The van der Waals surface area contributed by atoms with Gasteiger partial charge in [0, 0.05) is 29.2 Å². The summed E-state index contributed by atoms with van der Waals surface area (Å²) in [6.45, 7) is 1.95. The molecule has 0 bridgehead atoms. The lowest BCUT2D eigenvalue weighted by molar-refractivity contribution is 0.627. The maximum absolute atomic E-state index is 13.3. The van der Waals surface area contributed by atoms with Gasteiger partial charge in [-0.15, -0.1) is 0 Å². The van der Waals surface area contributed by atoms with Crippen molar-refractivity contribution in [3.63, 3.8) is 0 Å². The molecule has 0 amide bonds. The largest absolute Gasteiger partial charge is 0.371 e. The fourth-order valence-electron chi connectivity index (χ4n) is 2.67. The molecule has 2 aromatic carbocycles. The molecule has 2 aromatic rings. The quantitative estimate of drug-likeness (QED) is 0.783. The van der Waals surface area contributed by atoms with E-state index in [2.05, 4.69) is 45.1 Å². The van der Waals surface area contributed by atoms with Crippen LogP contribution in [0.2, 0.25) is 0 Å². The van der Waals surface area contributed by atoms with Crippen LogP contribution >= 0.6 is 15.9 Å². The smallest absolute Gasteiger partial charge is 0.125 e. The van der Waals surface area contributed by atoms with E-state index in [0.29, 0.717) is 5.92 Å². The third-order valence-electron chi connectivity index (χ3n) is 3.70. The lowest BCUT2D eigenvalue weighted by Gasteiger charge is -2.18. The molecule has 0 aromatic heterocycles. The minimum absolute atomic E-state index is 0.162. The van der Waals surface area contributed by atoms with Gasteiger partial charge in [0.25, 0.3) is 0 Å². The van der Waals surface area contributed by atoms with Gasteiger partial charge >= 0.3 is 0 Å². The third-order valence-corrected chi connectivity index (χ3v) is 4.23. The second kappa shape index (κ2) is 5.33. The van der Waals surface area contributed by atoms with Gasteiger partial charge < -0.3 is 4.90 Å². The molecule has 1 aliphatic heterocycles. The second-order valence-corrected chi connectivity index (χ2v) is 5.88. The van der Waals surface area contributed by atoms with Gasteiger partial charge in [-0.3, -0.25) is 0 Å². The predicted molar refractivity (Wildman–Crippen MR) is 80.1 cm³/mol. The molecule has 3 heteroatoms. The maximum atomic E-state index is 13.3. The van der Waals surface area contributed by atoms with E-state index >= 15 is 0 Å². The number of nitrogens with zero attached hydrogens (tertiary/aromatic N) is 1. The number of rotatable bonds is 2. The van der Waals surface area contributed by atoms with E-state index in [1.165, 1.54) is 11.6 Å². The van der Waals surface area contributed by atoms with Gasteiger partial charge in [0.05, 0.1) is 0 Å². The molecule has 1 saturated heterocycles. The average Bonchev–Trinajstić information content (AvgIpc) is 2.89. The van der Waals surface area contributed by atoms with Crippen molar-refractivity contribution in [3.05, 3.63) is 64.4 Å². The molecule has 1 fully saturated rings. The van der Waals surface area contributed by atoms with Gasteiger partial charge in [0.2, 0.25) is 0 Å². The first-order valence-electron chi connectivity index (χ1n) is 6.48. The molecular weight excluding hydrogens is 305 g/mol. The van der Waals surface area contributed by atoms with Crippen molar-refractivity contribution < 1.29 is 4.39 Å². The van der Waals surface area contributed by atoms with E-state index in [1.54, 1.807) is 12.1 Å². The van der Waals surface area contributed by atoms with E-state index in [0.717, 1.165) is 29.7 Å². The van der Waals surface area contributed by atoms with Crippen LogP contribution in [0.4, 0.5) is 10.1 Å². The Morgan fingerprint density at radius 3 is 2.63 bits per heavy atom. The van der Waals surface area contributed by atoms with Crippen LogP contribution in [-0.4, -0.2) is 13.1 Å². The summed E-state index contributed by atoms with van der Waals surface area (Å²) in [4.78, 5) is 2.26. The number of hydrogen-bond donors (Lipinski definition) is 0. The molecule has 98 valence electrons. The molecule has 0 spiro atoms. The summed E-state index contributed by atoms with van der Waals surface area (Å²) in [6, 6.07) is 15.4. The van der Waals surface area contributed by atoms with Gasteiger partial charge in [-0.05, 0) is 42.3 Å². The summed E-state index contributed by atoms with van der Waals surface area (Å²) in [7, 11) is 0. The highest BCUT2D eigenvalue weighted by atomic mass is 79.9. The van der Waals surface area contributed by atoms with Crippen molar-refractivity contribution in [2.75, 3.05) is 18.0 Å². The lowest BCUT2D eigenvalue weighted by atomic mass is 9.99. The van der Waals surface area contributed by atoms with Crippen molar-refractivity contribution >= 4 is 21.6 Å². The van der Waals surface area contributed by atoms with Gasteiger partial charge in [-0.25, -0.2) is 4.39 Å². The SMILES string of the molecule is Fc1cccc(N2CCC(c3ccc(Br)cc3)C2)c1. The highest BCUT2D eigenvalue weighted by Gasteiger charge is 2.24. The topological polar surface area (TPSA) is 3.24 Å². The normalized spacial score (nSPS) is 18.8. The highest BCUT2D eigenvalue weighted by Crippen LogP contribution is 2.31. The first-order valence-corrected chi connectivity index (χ1v) is 7.27. The summed E-state index contributed by atoms with van der Waals surface area (Å²) in [6.07, 6.45) is 1.12. The van der Waals surface area contributed by atoms with Gasteiger partial charge in [-0.1, -0.05) is 34.1 Å². The van der Waals surface area contributed by atoms with E-state index in [9.17, 15) is 4.39 Å². The van der Waals surface area contributed by atoms with Crippen molar-refractivity contribution in [2.24, 2.45) is 0 Å². The van der Waals surface area contributed by atoms with Crippen LogP contribution in [0.1, 0.15) is 17.9 Å². The highest BCUT2D eigenvalue weighted by molar-refractivity contribution is 9.10. The third kappa shape index (κ3) is 2.81. The molecule has 1 unspecified atom stereocenters. The Morgan fingerprint density at radius 1 is 1.11 bits per heavy atom. The number of halogens is 2. The summed E-state index contributed by atoms with van der Waals surface area (Å²) < 4.78 is 14.4. The van der Waals surface area contributed by atoms with Crippen LogP contribution in [0.15, 0.2) is 53.0 Å². The fourth-order valence-corrected chi connectivity index (χ4v) is 2.94. The molecule has 0 saturated carbocycles. The van der Waals surface area contributed by atoms with Crippen LogP contribution in [0.3, 0.4) is 0 Å².